The molecule has 0 spiro atoms. The molecule has 0 bridgehead atoms. The second-order valence-corrected chi connectivity index (χ2v) is 3.51. The zero-order valence-electron chi connectivity index (χ0n) is 8.51. The SMILES string of the molecule is C=C(C)C=N/C(=C\C)C1CCNC1. The zero-order valence-corrected chi connectivity index (χ0v) is 8.51. The van der Waals surface area contributed by atoms with Gasteiger partial charge in [0, 0.05) is 24.4 Å². The lowest BCUT2D eigenvalue weighted by atomic mass is 10.1. The predicted molar refractivity (Wildman–Crippen MR) is 58.0 cm³/mol. The van der Waals surface area contributed by atoms with Crippen molar-refractivity contribution in [3.05, 3.63) is 23.9 Å². The Bertz CT molecular complexity index is 232. The Labute approximate surface area is 80.4 Å². The molecule has 0 aliphatic carbocycles. The van der Waals surface area contributed by atoms with E-state index < -0.39 is 0 Å². The quantitative estimate of drug-likeness (QED) is 0.658. The fraction of sp³-hybridized carbons (Fsp3) is 0.545. The van der Waals surface area contributed by atoms with Crippen molar-refractivity contribution in [3.63, 3.8) is 0 Å². The standard InChI is InChI=1S/C11H18N2/c1-4-11(13-7-9(2)3)10-5-6-12-8-10/h4,7,10,12H,2,5-6,8H2,1,3H3/b11-4-,13-7?. The molecule has 0 radical (unpaired) electrons. The van der Waals surface area contributed by atoms with Gasteiger partial charge in [-0.15, -0.1) is 0 Å². The molecule has 0 aromatic rings. The van der Waals surface area contributed by atoms with Crippen LogP contribution in [0.15, 0.2) is 28.9 Å². The van der Waals surface area contributed by atoms with Gasteiger partial charge < -0.3 is 5.32 Å². The predicted octanol–water partition coefficient (Wildman–Crippen LogP) is 2.15. The number of allylic oxidation sites excluding steroid dienone is 2. The summed E-state index contributed by atoms with van der Waals surface area (Å²) in [4.78, 5) is 4.42. The van der Waals surface area contributed by atoms with Gasteiger partial charge in [0.05, 0.1) is 0 Å². The smallest absolute Gasteiger partial charge is 0.0405 e. The maximum Gasteiger partial charge on any atom is 0.0405 e. The van der Waals surface area contributed by atoms with E-state index in [1.807, 2.05) is 20.1 Å². The van der Waals surface area contributed by atoms with E-state index in [1.54, 1.807) is 0 Å². The number of hydrogen-bond donors (Lipinski definition) is 1. The first-order valence-electron chi connectivity index (χ1n) is 4.80. The third-order valence-corrected chi connectivity index (χ3v) is 2.21. The van der Waals surface area contributed by atoms with E-state index in [0.29, 0.717) is 5.92 Å². The summed E-state index contributed by atoms with van der Waals surface area (Å²) in [5.74, 6) is 0.598. The van der Waals surface area contributed by atoms with Crippen LogP contribution in [-0.2, 0) is 0 Å². The first-order valence-corrected chi connectivity index (χ1v) is 4.80. The third kappa shape index (κ3) is 3.15. The number of rotatable bonds is 3. The van der Waals surface area contributed by atoms with E-state index in [9.17, 15) is 0 Å². The lowest BCUT2D eigenvalue weighted by Gasteiger charge is -2.07. The minimum absolute atomic E-state index is 0.598. The minimum atomic E-state index is 0.598. The highest BCUT2D eigenvalue weighted by Crippen LogP contribution is 2.18. The topological polar surface area (TPSA) is 24.4 Å². The lowest BCUT2D eigenvalue weighted by molar-refractivity contribution is 0.673. The Kier molecular flexibility index (Phi) is 3.90. The highest BCUT2D eigenvalue weighted by molar-refractivity contribution is 5.77. The van der Waals surface area contributed by atoms with Gasteiger partial charge in [0.2, 0.25) is 0 Å². The highest BCUT2D eigenvalue weighted by Gasteiger charge is 2.17. The molecule has 1 aliphatic rings. The van der Waals surface area contributed by atoms with Crippen LogP contribution in [-0.4, -0.2) is 19.3 Å². The number of nitrogens with zero attached hydrogens (tertiary/aromatic N) is 1. The van der Waals surface area contributed by atoms with Gasteiger partial charge >= 0.3 is 0 Å². The molecule has 1 rings (SSSR count). The number of nitrogens with one attached hydrogen (secondary N) is 1. The highest BCUT2D eigenvalue weighted by atomic mass is 14.9. The molecule has 0 aromatic carbocycles. The summed E-state index contributed by atoms with van der Waals surface area (Å²) < 4.78 is 0. The molecule has 0 aromatic heterocycles. The summed E-state index contributed by atoms with van der Waals surface area (Å²) in [5.41, 5.74) is 2.19. The molecule has 2 heteroatoms. The van der Waals surface area contributed by atoms with Gasteiger partial charge in [0.15, 0.2) is 0 Å². The van der Waals surface area contributed by atoms with Crippen molar-refractivity contribution in [1.29, 1.82) is 0 Å². The molecular weight excluding hydrogens is 160 g/mol. The van der Waals surface area contributed by atoms with Crippen molar-refractivity contribution in [2.24, 2.45) is 10.9 Å². The van der Waals surface area contributed by atoms with Gasteiger partial charge in [-0.05, 0) is 32.4 Å². The Morgan fingerprint density at radius 1 is 1.62 bits per heavy atom. The van der Waals surface area contributed by atoms with Crippen LogP contribution in [0.25, 0.3) is 0 Å². The van der Waals surface area contributed by atoms with E-state index >= 15 is 0 Å². The fourth-order valence-electron chi connectivity index (χ4n) is 1.51. The normalized spacial score (nSPS) is 24.2. The van der Waals surface area contributed by atoms with E-state index in [4.69, 9.17) is 0 Å². The first kappa shape index (κ1) is 10.2. The summed E-state index contributed by atoms with van der Waals surface area (Å²) >= 11 is 0. The van der Waals surface area contributed by atoms with Crippen molar-refractivity contribution in [2.75, 3.05) is 13.1 Å². The maximum absolute atomic E-state index is 4.42. The van der Waals surface area contributed by atoms with Crippen molar-refractivity contribution < 1.29 is 0 Å². The molecule has 72 valence electrons. The van der Waals surface area contributed by atoms with Gasteiger partial charge in [-0.25, -0.2) is 0 Å². The van der Waals surface area contributed by atoms with Crippen LogP contribution in [0.1, 0.15) is 20.3 Å². The molecule has 0 saturated carbocycles. The average molecular weight is 178 g/mol. The van der Waals surface area contributed by atoms with Crippen LogP contribution in [0.3, 0.4) is 0 Å². The molecule has 0 amide bonds. The molecule has 1 N–H and O–H groups in total. The van der Waals surface area contributed by atoms with Crippen molar-refractivity contribution in [2.45, 2.75) is 20.3 Å². The number of aliphatic imine (C=N–C) groups is 1. The maximum atomic E-state index is 4.42. The molecule has 1 aliphatic heterocycles. The van der Waals surface area contributed by atoms with Gasteiger partial charge in [0.1, 0.15) is 0 Å². The van der Waals surface area contributed by atoms with Gasteiger partial charge in [0.25, 0.3) is 0 Å². The Hall–Kier alpha value is -0.890. The van der Waals surface area contributed by atoms with E-state index in [1.165, 1.54) is 12.1 Å². The Morgan fingerprint density at radius 3 is 2.85 bits per heavy atom. The average Bonchev–Trinajstić information content (AvgIpc) is 2.58. The summed E-state index contributed by atoms with van der Waals surface area (Å²) in [7, 11) is 0. The molecular formula is C11H18N2. The van der Waals surface area contributed by atoms with Crippen LogP contribution in [0.5, 0.6) is 0 Å². The molecule has 1 unspecified atom stereocenters. The molecule has 13 heavy (non-hydrogen) atoms. The largest absolute Gasteiger partial charge is 0.316 e. The van der Waals surface area contributed by atoms with E-state index in [2.05, 4.69) is 23.0 Å². The second-order valence-electron chi connectivity index (χ2n) is 3.51. The van der Waals surface area contributed by atoms with Crippen molar-refractivity contribution in [1.82, 2.24) is 5.32 Å². The Balaban J connectivity index is 2.57. The van der Waals surface area contributed by atoms with E-state index in [0.717, 1.165) is 18.7 Å². The van der Waals surface area contributed by atoms with Crippen LogP contribution in [0, 0.1) is 5.92 Å². The molecule has 1 fully saturated rings. The minimum Gasteiger partial charge on any atom is -0.316 e. The second kappa shape index (κ2) is 4.97. The molecule has 1 heterocycles. The summed E-state index contributed by atoms with van der Waals surface area (Å²) in [6.07, 6.45) is 5.14. The van der Waals surface area contributed by atoms with Crippen molar-refractivity contribution in [3.8, 4) is 0 Å². The molecule has 1 saturated heterocycles. The van der Waals surface area contributed by atoms with Gasteiger partial charge in [-0.2, -0.15) is 0 Å². The monoisotopic (exact) mass is 178 g/mol. The van der Waals surface area contributed by atoms with Crippen LogP contribution < -0.4 is 5.32 Å². The van der Waals surface area contributed by atoms with Crippen LogP contribution >= 0.6 is 0 Å². The van der Waals surface area contributed by atoms with Gasteiger partial charge in [-0.1, -0.05) is 12.7 Å². The van der Waals surface area contributed by atoms with E-state index in [-0.39, 0.29) is 0 Å². The summed E-state index contributed by atoms with van der Waals surface area (Å²) in [6, 6.07) is 0. The lowest BCUT2D eigenvalue weighted by Crippen LogP contribution is -2.10. The molecule has 1 atom stereocenters. The summed E-state index contributed by atoms with van der Waals surface area (Å²) in [6.45, 7) is 9.98. The van der Waals surface area contributed by atoms with Crippen LogP contribution in [0.2, 0.25) is 0 Å². The zero-order chi connectivity index (χ0) is 9.68. The number of hydrogen-bond acceptors (Lipinski definition) is 2. The molecule has 2 nitrogen and oxygen atoms in total. The summed E-state index contributed by atoms with van der Waals surface area (Å²) in [5, 5.41) is 3.34. The third-order valence-electron chi connectivity index (χ3n) is 2.21. The fourth-order valence-corrected chi connectivity index (χ4v) is 1.51. The first-order chi connectivity index (χ1) is 6.24. The van der Waals surface area contributed by atoms with Crippen molar-refractivity contribution >= 4 is 6.21 Å². The van der Waals surface area contributed by atoms with Crippen LogP contribution in [0.4, 0.5) is 0 Å². The van der Waals surface area contributed by atoms with Gasteiger partial charge in [-0.3, -0.25) is 4.99 Å². The Morgan fingerprint density at radius 2 is 2.38 bits per heavy atom.